The highest BCUT2D eigenvalue weighted by molar-refractivity contribution is 7.89. The van der Waals surface area contributed by atoms with Crippen LogP contribution in [0.15, 0.2) is 23.1 Å². The van der Waals surface area contributed by atoms with E-state index in [0.717, 1.165) is 12.1 Å². The summed E-state index contributed by atoms with van der Waals surface area (Å²) in [6.07, 6.45) is 2.01. The molecule has 7 nitrogen and oxygen atoms in total. The molecule has 2 rings (SSSR count). The van der Waals surface area contributed by atoms with E-state index in [4.69, 9.17) is 9.47 Å². The molecule has 1 N–H and O–H groups in total. The third-order valence-electron chi connectivity index (χ3n) is 4.57. The average Bonchev–Trinajstić information content (AvgIpc) is 2.67. The molecule has 1 aliphatic rings. The van der Waals surface area contributed by atoms with Crippen LogP contribution in [0.2, 0.25) is 0 Å². The maximum Gasteiger partial charge on any atom is 0.246 e. The number of halogens is 1. The Morgan fingerprint density at radius 1 is 1.39 bits per heavy atom. The largest absolute Gasteiger partial charge is 0.495 e. The predicted molar refractivity (Wildman–Crippen MR) is 103 cm³/mol. The van der Waals surface area contributed by atoms with E-state index in [2.05, 4.69) is 5.32 Å². The van der Waals surface area contributed by atoms with Crippen molar-refractivity contribution >= 4 is 15.9 Å². The highest BCUT2D eigenvalue weighted by atomic mass is 32.2. The van der Waals surface area contributed by atoms with Crippen LogP contribution in [-0.2, 0) is 19.6 Å². The summed E-state index contributed by atoms with van der Waals surface area (Å²) < 4.78 is 51.3. The van der Waals surface area contributed by atoms with Crippen molar-refractivity contribution in [1.29, 1.82) is 0 Å². The Hall–Kier alpha value is -1.71. The first kappa shape index (κ1) is 22.6. The smallest absolute Gasteiger partial charge is 0.246 e. The zero-order chi connectivity index (χ0) is 20.7. The number of carbonyl (C=O) groups excluding carboxylic acids is 1. The van der Waals surface area contributed by atoms with Gasteiger partial charge in [-0.1, -0.05) is 0 Å². The van der Waals surface area contributed by atoms with Crippen LogP contribution in [0.25, 0.3) is 0 Å². The van der Waals surface area contributed by atoms with Crippen LogP contribution >= 0.6 is 0 Å². The molecular weight excluding hydrogens is 387 g/mol. The van der Waals surface area contributed by atoms with Gasteiger partial charge >= 0.3 is 0 Å². The summed E-state index contributed by atoms with van der Waals surface area (Å²) in [5, 5.41) is 2.84. The number of hydrogen-bond acceptors (Lipinski definition) is 5. The molecule has 1 aromatic carbocycles. The lowest BCUT2D eigenvalue weighted by atomic mass is 9.99. The molecule has 0 unspecified atom stereocenters. The Bertz CT molecular complexity index is 770. The van der Waals surface area contributed by atoms with Crippen molar-refractivity contribution in [2.45, 2.75) is 44.1 Å². The number of rotatable bonds is 9. The molecular formula is C19H29FN2O5S. The van der Waals surface area contributed by atoms with Gasteiger partial charge in [0.2, 0.25) is 15.9 Å². The number of piperidine rings is 1. The summed E-state index contributed by atoms with van der Waals surface area (Å²) in [6.45, 7) is 5.28. The van der Waals surface area contributed by atoms with Gasteiger partial charge in [0, 0.05) is 26.2 Å². The number of nitrogens with one attached hydrogen (secondary N) is 1. The molecule has 1 aliphatic heterocycles. The number of methoxy groups -OCH3 is 1. The van der Waals surface area contributed by atoms with E-state index in [9.17, 15) is 17.6 Å². The maximum absolute atomic E-state index is 13.6. The fourth-order valence-corrected chi connectivity index (χ4v) is 4.80. The van der Waals surface area contributed by atoms with Gasteiger partial charge in [-0.2, -0.15) is 4.31 Å². The minimum atomic E-state index is -3.96. The molecule has 0 bridgehead atoms. The second kappa shape index (κ2) is 10.2. The number of amides is 1. The van der Waals surface area contributed by atoms with Crippen LogP contribution in [0.5, 0.6) is 5.75 Å². The van der Waals surface area contributed by atoms with Crippen LogP contribution in [0.4, 0.5) is 4.39 Å². The van der Waals surface area contributed by atoms with Gasteiger partial charge in [-0.3, -0.25) is 4.79 Å². The lowest BCUT2D eigenvalue weighted by molar-refractivity contribution is -0.126. The van der Waals surface area contributed by atoms with E-state index in [-0.39, 0.29) is 35.7 Å². The third-order valence-corrected chi connectivity index (χ3v) is 6.46. The van der Waals surface area contributed by atoms with Crippen LogP contribution < -0.4 is 10.1 Å². The van der Waals surface area contributed by atoms with E-state index < -0.39 is 21.8 Å². The molecule has 1 heterocycles. The minimum Gasteiger partial charge on any atom is -0.495 e. The van der Waals surface area contributed by atoms with Crippen LogP contribution in [-0.4, -0.2) is 58.1 Å². The molecule has 1 fully saturated rings. The molecule has 1 aromatic rings. The Balaban J connectivity index is 2.00. The van der Waals surface area contributed by atoms with Gasteiger partial charge < -0.3 is 14.8 Å². The molecule has 28 heavy (non-hydrogen) atoms. The first-order valence-corrected chi connectivity index (χ1v) is 10.9. The summed E-state index contributed by atoms with van der Waals surface area (Å²) in [5.74, 6) is -1.18. The second-order valence-corrected chi connectivity index (χ2v) is 8.97. The first-order valence-electron chi connectivity index (χ1n) is 9.48. The fraction of sp³-hybridized carbons (Fsp3) is 0.632. The van der Waals surface area contributed by atoms with Crippen LogP contribution in [0.3, 0.4) is 0 Å². The molecule has 1 saturated heterocycles. The summed E-state index contributed by atoms with van der Waals surface area (Å²) >= 11 is 0. The molecule has 9 heteroatoms. The standard InChI is InChI=1S/C19H29FN2O5S/c1-14(2)27-11-5-9-21-19(23)15-6-4-10-22(13-15)28(24,25)18-12-16(20)7-8-17(18)26-3/h7-8,12,14-15H,4-6,9-11,13H2,1-3H3,(H,21,23)/t15-/m1/s1. The predicted octanol–water partition coefficient (Wildman–Crippen LogP) is 2.17. The Labute approximate surface area is 166 Å². The summed E-state index contributed by atoms with van der Waals surface area (Å²) in [4.78, 5) is 12.2. The van der Waals surface area contributed by atoms with Crippen LogP contribution in [0.1, 0.15) is 33.1 Å². The molecule has 158 valence electrons. The lowest BCUT2D eigenvalue weighted by Crippen LogP contribution is -2.45. The van der Waals surface area contributed by atoms with Crippen molar-refractivity contribution in [3.8, 4) is 5.75 Å². The number of ether oxygens (including phenoxy) is 2. The average molecular weight is 417 g/mol. The van der Waals surface area contributed by atoms with Gasteiger partial charge in [-0.05, 0) is 51.3 Å². The number of nitrogens with zero attached hydrogens (tertiary/aromatic N) is 1. The molecule has 0 aliphatic carbocycles. The van der Waals surface area contributed by atoms with Crippen LogP contribution in [0, 0.1) is 11.7 Å². The molecule has 0 spiro atoms. The monoisotopic (exact) mass is 416 g/mol. The van der Waals surface area contributed by atoms with E-state index in [1.165, 1.54) is 17.5 Å². The summed E-state index contributed by atoms with van der Waals surface area (Å²) in [6, 6.07) is 3.38. The van der Waals surface area contributed by atoms with Crippen molar-refractivity contribution in [2.75, 3.05) is 33.4 Å². The zero-order valence-corrected chi connectivity index (χ0v) is 17.4. The van der Waals surface area contributed by atoms with Crippen molar-refractivity contribution < 1.29 is 27.1 Å². The Kier molecular flexibility index (Phi) is 8.21. The fourth-order valence-electron chi connectivity index (χ4n) is 3.11. The van der Waals surface area contributed by atoms with Gasteiger partial charge in [-0.15, -0.1) is 0 Å². The van der Waals surface area contributed by atoms with Crippen molar-refractivity contribution in [1.82, 2.24) is 9.62 Å². The second-order valence-electron chi connectivity index (χ2n) is 7.06. The van der Waals surface area contributed by atoms with Crippen molar-refractivity contribution in [2.24, 2.45) is 5.92 Å². The minimum absolute atomic E-state index is 0.0658. The van der Waals surface area contributed by atoms with E-state index >= 15 is 0 Å². The number of hydrogen-bond donors (Lipinski definition) is 1. The maximum atomic E-state index is 13.6. The molecule has 0 aromatic heterocycles. The third kappa shape index (κ3) is 5.89. The van der Waals surface area contributed by atoms with E-state index in [1.807, 2.05) is 13.8 Å². The van der Waals surface area contributed by atoms with Crippen molar-refractivity contribution in [3.05, 3.63) is 24.0 Å². The molecule has 0 saturated carbocycles. The highest BCUT2D eigenvalue weighted by Crippen LogP contribution is 2.30. The first-order chi connectivity index (χ1) is 13.3. The Morgan fingerprint density at radius 3 is 2.82 bits per heavy atom. The Morgan fingerprint density at radius 2 is 2.14 bits per heavy atom. The van der Waals surface area contributed by atoms with Gasteiger partial charge in [0.15, 0.2) is 0 Å². The molecule has 0 radical (unpaired) electrons. The zero-order valence-electron chi connectivity index (χ0n) is 16.6. The van der Waals surface area contributed by atoms with Gasteiger partial charge in [0.25, 0.3) is 0 Å². The van der Waals surface area contributed by atoms with Crippen molar-refractivity contribution in [3.63, 3.8) is 0 Å². The summed E-state index contributed by atoms with van der Waals surface area (Å²) in [7, 11) is -2.63. The number of benzene rings is 1. The van der Waals surface area contributed by atoms with Gasteiger partial charge in [0.1, 0.15) is 16.5 Å². The number of carbonyl (C=O) groups is 1. The lowest BCUT2D eigenvalue weighted by Gasteiger charge is -2.31. The SMILES string of the molecule is COc1ccc(F)cc1S(=O)(=O)N1CCC[C@@H](C(=O)NCCCOC(C)C)C1. The number of sulfonamides is 1. The van der Waals surface area contributed by atoms with Gasteiger partial charge in [0.05, 0.1) is 19.1 Å². The highest BCUT2D eigenvalue weighted by Gasteiger charge is 2.35. The van der Waals surface area contributed by atoms with Gasteiger partial charge in [-0.25, -0.2) is 12.8 Å². The summed E-state index contributed by atoms with van der Waals surface area (Å²) in [5.41, 5.74) is 0. The normalized spacial score (nSPS) is 18.2. The van der Waals surface area contributed by atoms with E-state index in [1.54, 1.807) is 0 Å². The topological polar surface area (TPSA) is 84.9 Å². The molecule has 1 amide bonds. The quantitative estimate of drug-likeness (QED) is 0.624. The molecule has 1 atom stereocenters. The van der Waals surface area contributed by atoms with E-state index in [0.29, 0.717) is 32.4 Å².